The number of amides is 2. The number of anilines is 1. The van der Waals surface area contributed by atoms with Gasteiger partial charge in [0, 0.05) is 12.1 Å². The Hall–Kier alpha value is -2.37. The van der Waals surface area contributed by atoms with Crippen molar-refractivity contribution in [2.45, 2.75) is 32.1 Å². The van der Waals surface area contributed by atoms with Crippen molar-refractivity contribution in [2.24, 2.45) is 11.1 Å². The molecule has 0 saturated heterocycles. The van der Waals surface area contributed by atoms with E-state index >= 15 is 0 Å². The Morgan fingerprint density at radius 1 is 1.19 bits per heavy atom. The number of hydrogen-bond donors (Lipinski definition) is 3. The number of carboxylic acid groups (broad SMARTS) is 1. The van der Waals surface area contributed by atoms with Crippen molar-refractivity contribution in [3.63, 3.8) is 0 Å². The van der Waals surface area contributed by atoms with Crippen LogP contribution in [0.2, 0.25) is 0 Å². The van der Waals surface area contributed by atoms with E-state index in [2.05, 4.69) is 5.32 Å². The highest BCUT2D eigenvalue weighted by atomic mass is 16.4. The Balaban J connectivity index is 1.93. The summed E-state index contributed by atoms with van der Waals surface area (Å²) in [6.45, 7) is 0. The van der Waals surface area contributed by atoms with Crippen molar-refractivity contribution in [3.05, 3.63) is 29.8 Å². The molecule has 0 unspecified atom stereocenters. The SMILES string of the molecule is NC(=O)Cc1ccc(NC(=O)CC2(C(=O)O)CCC2)cc1. The molecule has 4 N–H and O–H groups in total. The summed E-state index contributed by atoms with van der Waals surface area (Å²) in [5.41, 5.74) is 5.55. The van der Waals surface area contributed by atoms with Crippen LogP contribution in [0.3, 0.4) is 0 Å². The second kappa shape index (κ2) is 5.95. The predicted molar refractivity (Wildman–Crippen MR) is 76.5 cm³/mol. The molecule has 6 heteroatoms. The van der Waals surface area contributed by atoms with Crippen LogP contribution in [-0.2, 0) is 20.8 Å². The summed E-state index contributed by atoms with van der Waals surface area (Å²) in [4.78, 5) is 33.9. The summed E-state index contributed by atoms with van der Waals surface area (Å²) in [6.07, 6.45) is 2.09. The minimum Gasteiger partial charge on any atom is -0.481 e. The van der Waals surface area contributed by atoms with Gasteiger partial charge in [0.1, 0.15) is 0 Å². The van der Waals surface area contributed by atoms with Crippen molar-refractivity contribution < 1.29 is 19.5 Å². The molecule has 1 fully saturated rings. The smallest absolute Gasteiger partial charge is 0.310 e. The molecule has 0 spiro atoms. The lowest BCUT2D eigenvalue weighted by Crippen LogP contribution is -2.41. The third-order valence-electron chi connectivity index (χ3n) is 3.88. The zero-order valence-corrected chi connectivity index (χ0v) is 11.6. The average molecular weight is 290 g/mol. The highest BCUT2D eigenvalue weighted by Crippen LogP contribution is 2.44. The van der Waals surface area contributed by atoms with Gasteiger partial charge in [-0.2, -0.15) is 0 Å². The van der Waals surface area contributed by atoms with Crippen LogP contribution in [-0.4, -0.2) is 22.9 Å². The van der Waals surface area contributed by atoms with Gasteiger partial charge in [-0.05, 0) is 30.5 Å². The van der Waals surface area contributed by atoms with E-state index in [4.69, 9.17) is 5.73 Å². The third-order valence-corrected chi connectivity index (χ3v) is 3.88. The molecule has 1 aromatic rings. The van der Waals surface area contributed by atoms with Crippen LogP contribution < -0.4 is 11.1 Å². The summed E-state index contributed by atoms with van der Waals surface area (Å²) in [6, 6.07) is 6.75. The number of carboxylic acids is 1. The maximum absolute atomic E-state index is 11.9. The van der Waals surface area contributed by atoms with Gasteiger partial charge in [-0.3, -0.25) is 14.4 Å². The highest BCUT2D eigenvalue weighted by Gasteiger charge is 2.45. The standard InChI is InChI=1S/C15H18N2O4/c16-12(18)8-10-2-4-11(5-3-10)17-13(19)9-15(14(20)21)6-1-7-15/h2-5H,1,6-9H2,(H2,16,18)(H,17,19)(H,20,21). The van der Waals surface area contributed by atoms with Crippen LogP contribution in [0.15, 0.2) is 24.3 Å². The number of aliphatic carboxylic acids is 1. The summed E-state index contributed by atoms with van der Waals surface area (Å²) in [7, 11) is 0. The first kappa shape index (κ1) is 15.0. The molecule has 2 rings (SSSR count). The molecule has 1 aliphatic rings. The number of carbonyl (C=O) groups excluding carboxylic acids is 2. The number of rotatable bonds is 6. The second-order valence-corrected chi connectivity index (χ2v) is 5.50. The summed E-state index contributed by atoms with van der Waals surface area (Å²) in [5.74, 6) is -1.62. The third kappa shape index (κ3) is 3.59. The molecular weight excluding hydrogens is 272 g/mol. The molecule has 1 aliphatic carbocycles. The van der Waals surface area contributed by atoms with E-state index in [1.54, 1.807) is 24.3 Å². The molecule has 0 aliphatic heterocycles. The van der Waals surface area contributed by atoms with Crippen LogP contribution in [0.1, 0.15) is 31.2 Å². The number of nitrogens with one attached hydrogen (secondary N) is 1. The summed E-state index contributed by atoms with van der Waals surface area (Å²) < 4.78 is 0. The zero-order valence-electron chi connectivity index (χ0n) is 11.6. The lowest BCUT2D eigenvalue weighted by atomic mass is 9.66. The van der Waals surface area contributed by atoms with Gasteiger partial charge in [0.15, 0.2) is 0 Å². The normalized spacial score (nSPS) is 15.8. The maximum atomic E-state index is 11.9. The average Bonchev–Trinajstić information content (AvgIpc) is 2.35. The number of hydrogen-bond acceptors (Lipinski definition) is 3. The van der Waals surface area contributed by atoms with E-state index < -0.39 is 17.3 Å². The molecule has 0 heterocycles. The molecule has 0 radical (unpaired) electrons. The molecule has 2 amide bonds. The monoisotopic (exact) mass is 290 g/mol. The van der Waals surface area contributed by atoms with Gasteiger partial charge in [0.05, 0.1) is 11.8 Å². The van der Waals surface area contributed by atoms with Gasteiger partial charge < -0.3 is 16.2 Å². The maximum Gasteiger partial charge on any atom is 0.310 e. The molecular formula is C15H18N2O4. The number of benzene rings is 1. The highest BCUT2D eigenvalue weighted by molar-refractivity contribution is 5.94. The van der Waals surface area contributed by atoms with Crippen molar-refractivity contribution in [1.82, 2.24) is 0 Å². The van der Waals surface area contributed by atoms with Crippen LogP contribution in [0, 0.1) is 5.41 Å². The molecule has 0 atom stereocenters. The van der Waals surface area contributed by atoms with Crippen LogP contribution in [0.25, 0.3) is 0 Å². The minimum atomic E-state index is -0.902. The van der Waals surface area contributed by atoms with Crippen LogP contribution in [0.5, 0.6) is 0 Å². The van der Waals surface area contributed by atoms with E-state index in [1.165, 1.54) is 0 Å². The summed E-state index contributed by atoms with van der Waals surface area (Å²) >= 11 is 0. The molecule has 112 valence electrons. The fourth-order valence-electron chi connectivity index (χ4n) is 2.49. The number of primary amides is 1. The second-order valence-electron chi connectivity index (χ2n) is 5.50. The van der Waals surface area contributed by atoms with Gasteiger partial charge in [-0.25, -0.2) is 0 Å². The van der Waals surface area contributed by atoms with E-state index in [-0.39, 0.29) is 18.7 Å². The fourth-order valence-corrected chi connectivity index (χ4v) is 2.49. The Morgan fingerprint density at radius 2 is 1.81 bits per heavy atom. The Kier molecular flexibility index (Phi) is 4.26. The van der Waals surface area contributed by atoms with Crippen molar-refractivity contribution in [2.75, 3.05) is 5.32 Å². The van der Waals surface area contributed by atoms with Crippen molar-refractivity contribution in [1.29, 1.82) is 0 Å². The minimum absolute atomic E-state index is 0.00856. The number of carbonyl (C=O) groups is 3. The van der Waals surface area contributed by atoms with Crippen molar-refractivity contribution >= 4 is 23.5 Å². The molecule has 1 aromatic carbocycles. The van der Waals surface area contributed by atoms with Gasteiger partial charge in [0.2, 0.25) is 11.8 Å². The van der Waals surface area contributed by atoms with E-state index in [9.17, 15) is 19.5 Å². The molecule has 0 bridgehead atoms. The van der Waals surface area contributed by atoms with E-state index in [1.807, 2.05) is 0 Å². The number of nitrogens with two attached hydrogens (primary N) is 1. The molecule has 21 heavy (non-hydrogen) atoms. The Morgan fingerprint density at radius 3 is 2.24 bits per heavy atom. The first-order chi connectivity index (χ1) is 9.91. The summed E-state index contributed by atoms with van der Waals surface area (Å²) in [5, 5.41) is 11.9. The largest absolute Gasteiger partial charge is 0.481 e. The van der Waals surface area contributed by atoms with E-state index in [0.29, 0.717) is 18.5 Å². The Labute approximate surface area is 122 Å². The lowest BCUT2D eigenvalue weighted by molar-refractivity contribution is -0.157. The first-order valence-corrected chi connectivity index (χ1v) is 6.82. The van der Waals surface area contributed by atoms with Crippen LogP contribution in [0.4, 0.5) is 5.69 Å². The topological polar surface area (TPSA) is 109 Å². The van der Waals surface area contributed by atoms with Crippen molar-refractivity contribution in [3.8, 4) is 0 Å². The fraction of sp³-hybridized carbons (Fsp3) is 0.400. The first-order valence-electron chi connectivity index (χ1n) is 6.82. The van der Waals surface area contributed by atoms with Gasteiger partial charge in [-0.1, -0.05) is 18.6 Å². The van der Waals surface area contributed by atoms with Gasteiger partial charge in [0.25, 0.3) is 0 Å². The Bertz CT molecular complexity index is 562. The van der Waals surface area contributed by atoms with Gasteiger partial charge >= 0.3 is 5.97 Å². The van der Waals surface area contributed by atoms with E-state index in [0.717, 1.165) is 12.0 Å². The molecule has 6 nitrogen and oxygen atoms in total. The van der Waals surface area contributed by atoms with Crippen LogP contribution >= 0.6 is 0 Å². The molecule has 1 saturated carbocycles. The predicted octanol–water partition coefficient (Wildman–Crippen LogP) is 1.30. The molecule has 0 aromatic heterocycles. The van der Waals surface area contributed by atoms with Gasteiger partial charge in [-0.15, -0.1) is 0 Å². The quantitative estimate of drug-likeness (QED) is 0.733. The zero-order chi connectivity index (χ0) is 15.5. The lowest BCUT2D eigenvalue weighted by Gasteiger charge is -2.36.